The first-order chi connectivity index (χ1) is 17.4. The molecule has 37 heavy (non-hydrogen) atoms. The van der Waals surface area contributed by atoms with E-state index in [1.165, 1.54) is 4.90 Å². The molecule has 0 bridgehead atoms. The molecule has 11 heteroatoms. The van der Waals surface area contributed by atoms with Crippen LogP contribution in [0.3, 0.4) is 0 Å². The summed E-state index contributed by atoms with van der Waals surface area (Å²) in [6.45, 7) is 3.10. The van der Waals surface area contributed by atoms with Crippen molar-refractivity contribution in [3.05, 3.63) is 62.0 Å². The quantitative estimate of drug-likeness (QED) is 0.384. The fourth-order valence-electron chi connectivity index (χ4n) is 4.38. The van der Waals surface area contributed by atoms with Crippen molar-refractivity contribution < 1.29 is 18.0 Å². The number of nitrogens with one attached hydrogen (secondary N) is 1. The number of halogens is 3. The third kappa shape index (κ3) is 8.09. The number of nitrogens with zero attached hydrogens (tertiary/aromatic N) is 2. The van der Waals surface area contributed by atoms with Gasteiger partial charge in [-0.1, -0.05) is 64.5 Å². The Morgan fingerprint density at radius 2 is 1.76 bits per heavy atom. The number of benzene rings is 2. The normalized spacial score (nSPS) is 15.2. The maximum atomic E-state index is 13.7. The van der Waals surface area contributed by atoms with Crippen molar-refractivity contribution in [3.63, 3.8) is 0 Å². The minimum Gasteiger partial charge on any atom is -0.352 e. The first-order valence-electron chi connectivity index (χ1n) is 12.1. The molecule has 7 nitrogen and oxygen atoms in total. The molecule has 0 aliphatic heterocycles. The number of hydrogen-bond donors (Lipinski definition) is 1. The highest BCUT2D eigenvalue weighted by Gasteiger charge is 2.31. The van der Waals surface area contributed by atoms with E-state index >= 15 is 0 Å². The molecule has 3 rings (SSSR count). The Kier molecular flexibility index (Phi) is 10.3. The van der Waals surface area contributed by atoms with Crippen molar-refractivity contribution in [2.75, 3.05) is 17.1 Å². The lowest BCUT2D eigenvalue weighted by atomic mass is 9.95. The van der Waals surface area contributed by atoms with Gasteiger partial charge in [0.15, 0.2) is 0 Å². The van der Waals surface area contributed by atoms with Crippen molar-refractivity contribution in [2.24, 2.45) is 0 Å². The maximum absolute atomic E-state index is 13.7. The van der Waals surface area contributed by atoms with Gasteiger partial charge in [-0.15, -0.1) is 0 Å². The highest BCUT2D eigenvalue weighted by molar-refractivity contribution is 9.10. The van der Waals surface area contributed by atoms with Crippen LogP contribution in [-0.2, 0) is 26.2 Å². The van der Waals surface area contributed by atoms with Crippen molar-refractivity contribution in [2.45, 2.75) is 64.6 Å². The Hall–Kier alpha value is -1.81. The molecule has 0 aromatic heterocycles. The molecule has 1 N–H and O–H groups in total. The number of carbonyl (C=O) groups excluding carboxylic acids is 2. The highest BCUT2D eigenvalue weighted by Crippen LogP contribution is 2.27. The van der Waals surface area contributed by atoms with E-state index in [-0.39, 0.29) is 18.5 Å². The summed E-state index contributed by atoms with van der Waals surface area (Å²) in [4.78, 5) is 28.3. The van der Waals surface area contributed by atoms with E-state index in [0.717, 1.165) is 52.7 Å². The Balaban J connectivity index is 1.90. The lowest BCUT2D eigenvalue weighted by Crippen LogP contribution is -2.53. The molecule has 0 heterocycles. The summed E-state index contributed by atoms with van der Waals surface area (Å²) in [5.41, 5.74) is 1.86. The number of hydrogen-bond acceptors (Lipinski definition) is 4. The van der Waals surface area contributed by atoms with Gasteiger partial charge in [0, 0.05) is 17.1 Å². The Morgan fingerprint density at radius 3 is 2.35 bits per heavy atom. The first kappa shape index (κ1) is 29.7. The van der Waals surface area contributed by atoms with Crippen LogP contribution in [0.25, 0.3) is 0 Å². The maximum Gasteiger partial charge on any atom is 0.244 e. The van der Waals surface area contributed by atoms with Crippen molar-refractivity contribution in [1.82, 2.24) is 10.2 Å². The zero-order valence-electron chi connectivity index (χ0n) is 21.1. The largest absolute Gasteiger partial charge is 0.352 e. The lowest BCUT2D eigenvalue weighted by molar-refractivity contribution is -0.139. The van der Waals surface area contributed by atoms with Crippen LogP contribution in [0.15, 0.2) is 40.9 Å². The lowest BCUT2D eigenvalue weighted by Gasteiger charge is -2.33. The summed E-state index contributed by atoms with van der Waals surface area (Å²) in [6.07, 6.45) is 6.14. The molecular formula is C26H32BrCl2N3O4S. The molecule has 0 unspecified atom stereocenters. The van der Waals surface area contributed by atoms with Gasteiger partial charge >= 0.3 is 0 Å². The standard InChI is InChI=1S/C26H32BrCl2N3O4S/c1-17-13-21(10-11-22(17)27)32(37(3,35)36)16-25(33)31(15-19-9-12-23(28)24(29)14-19)18(2)26(34)30-20-7-5-4-6-8-20/h9-14,18,20H,4-8,15-16H2,1-3H3,(H,30,34)/t18-/m0/s1. The van der Waals surface area contributed by atoms with Gasteiger partial charge in [-0.2, -0.15) is 0 Å². The summed E-state index contributed by atoms with van der Waals surface area (Å²) in [7, 11) is -3.80. The number of carbonyl (C=O) groups is 2. The first-order valence-corrected chi connectivity index (χ1v) is 15.5. The average molecular weight is 633 g/mol. The number of sulfonamides is 1. The molecule has 202 valence electrons. The van der Waals surface area contributed by atoms with Crippen LogP contribution in [0.5, 0.6) is 0 Å². The molecular weight excluding hydrogens is 601 g/mol. The second-order valence-corrected chi connectivity index (χ2v) is 13.1. The zero-order chi connectivity index (χ0) is 27.3. The SMILES string of the molecule is Cc1cc(N(CC(=O)N(Cc2ccc(Cl)c(Cl)c2)[C@@H](C)C(=O)NC2CCCCC2)S(C)(=O)=O)ccc1Br. The van der Waals surface area contributed by atoms with Gasteiger partial charge in [-0.05, 0) is 68.1 Å². The predicted molar refractivity (Wildman–Crippen MR) is 153 cm³/mol. The molecule has 0 spiro atoms. The van der Waals surface area contributed by atoms with E-state index < -0.39 is 28.5 Å². The molecule has 1 saturated carbocycles. The topological polar surface area (TPSA) is 86.8 Å². The number of aryl methyl sites for hydroxylation is 1. The molecule has 2 aromatic rings. The van der Waals surface area contributed by atoms with Crippen LogP contribution in [-0.4, -0.2) is 50.0 Å². The summed E-state index contributed by atoms with van der Waals surface area (Å²) in [6, 6.07) is 9.30. The average Bonchev–Trinajstić information content (AvgIpc) is 2.84. The summed E-state index contributed by atoms with van der Waals surface area (Å²) in [5, 5.41) is 3.78. The van der Waals surface area contributed by atoms with Gasteiger partial charge < -0.3 is 10.2 Å². The molecule has 2 amide bonds. The second kappa shape index (κ2) is 12.8. The van der Waals surface area contributed by atoms with Gasteiger partial charge in [-0.3, -0.25) is 13.9 Å². The number of anilines is 1. The molecule has 1 aliphatic carbocycles. The Bertz CT molecular complexity index is 1250. The Morgan fingerprint density at radius 1 is 1.08 bits per heavy atom. The fraction of sp³-hybridized carbons (Fsp3) is 0.462. The summed E-state index contributed by atoms with van der Waals surface area (Å²) in [5.74, 6) is -0.783. The van der Waals surface area contributed by atoms with Gasteiger partial charge in [0.05, 0.1) is 22.0 Å². The van der Waals surface area contributed by atoms with Crippen LogP contribution in [0.2, 0.25) is 10.0 Å². The third-order valence-corrected chi connectivity index (χ3v) is 9.33. The van der Waals surface area contributed by atoms with E-state index in [4.69, 9.17) is 23.2 Å². The van der Waals surface area contributed by atoms with Gasteiger partial charge in [0.2, 0.25) is 21.8 Å². The summed E-state index contributed by atoms with van der Waals surface area (Å²) < 4.78 is 27.3. The van der Waals surface area contributed by atoms with E-state index in [2.05, 4.69) is 21.2 Å². The second-order valence-electron chi connectivity index (χ2n) is 9.49. The van der Waals surface area contributed by atoms with Crippen molar-refractivity contribution in [1.29, 1.82) is 0 Å². The van der Waals surface area contributed by atoms with Crippen LogP contribution in [0, 0.1) is 6.92 Å². The molecule has 0 saturated heterocycles. The van der Waals surface area contributed by atoms with Crippen molar-refractivity contribution in [3.8, 4) is 0 Å². The van der Waals surface area contributed by atoms with Gasteiger partial charge in [-0.25, -0.2) is 8.42 Å². The van der Waals surface area contributed by atoms with E-state index in [1.807, 2.05) is 6.92 Å². The molecule has 1 atom stereocenters. The highest BCUT2D eigenvalue weighted by atomic mass is 79.9. The van der Waals surface area contributed by atoms with Crippen LogP contribution >= 0.6 is 39.1 Å². The molecule has 1 fully saturated rings. The molecule has 0 radical (unpaired) electrons. The van der Waals surface area contributed by atoms with Gasteiger partial charge in [0.1, 0.15) is 12.6 Å². The van der Waals surface area contributed by atoms with Gasteiger partial charge in [0.25, 0.3) is 0 Å². The van der Waals surface area contributed by atoms with E-state index in [9.17, 15) is 18.0 Å². The van der Waals surface area contributed by atoms with E-state index in [0.29, 0.717) is 21.3 Å². The van der Waals surface area contributed by atoms with Crippen LogP contribution in [0.1, 0.15) is 50.2 Å². The minimum absolute atomic E-state index is 0.0615. The molecule has 2 aromatic carbocycles. The zero-order valence-corrected chi connectivity index (χ0v) is 25.1. The smallest absolute Gasteiger partial charge is 0.244 e. The molecule has 1 aliphatic rings. The Labute approximate surface area is 237 Å². The number of rotatable bonds is 9. The van der Waals surface area contributed by atoms with Crippen molar-refractivity contribution >= 4 is 66.7 Å². The van der Waals surface area contributed by atoms with Crippen LogP contribution < -0.4 is 9.62 Å². The van der Waals surface area contributed by atoms with E-state index in [1.54, 1.807) is 43.3 Å². The summed E-state index contributed by atoms with van der Waals surface area (Å²) >= 11 is 15.7. The minimum atomic E-state index is -3.80. The monoisotopic (exact) mass is 631 g/mol. The fourth-order valence-corrected chi connectivity index (χ4v) is 5.79. The third-order valence-electron chi connectivity index (χ3n) is 6.56. The van der Waals surface area contributed by atoms with Crippen LogP contribution in [0.4, 0.5) is 5.69 Å². The predicted octanol–water partition coefficient (Wildman–Crippen LogP) is 5.70. The number of amides is 2.